The molecule has 0 spiro atoms. The Hall–Kier alpha value is -0.195. The van der Waals surface area contributed by atoms with E-state index in [1.807, 2.05) is 6.92 Å². The molecule has 2 N–H and O–H groups in total. The molecule has 53 valence electrons. The summed E-state index contributed by atoms with van der Waals surface area (Å²) in [5.74, 6) is 0. The van der Waals surface area contributed by atoms with E-state index in [0.29, 0.717) is 6.47 Å². The zero-order valence-electron chi connectivity index (χ0n) is 5.33. The molecule has 0 aliphatic carbocycles. The third-order valence-electron chi connectivity index (χ3n) is 0.485. The van der Waals surface area contributed by atoms with Gasteiger partial charge >= 0.3 is 0 Å². The van der Waals surface area contributed by atoms with Crippen LogP contribution in [-0.4, -0.2) is 27.0 Å². The van der Waals surface area contributed by atoms with E-state index >= 15 is 0 Å². The van der Waals surface area contributed by atoms with Gasteiger partial charge in [-0.15, -0.1) is 10.9 Å². The third kappa shape index (κ3) is 7.80. The quantitative estimate of drug-likeness (QED) is 0.622. The number of nitrogens with one attached hydrogen (secondary N) is 1. The summed E-state index contributed by atoms with van der Waals surface area (Å²) in [6.07, 6.45) is 2.58. The normalized spacial score (nSPS) is 6.50. The summed E-state index contributed by atoms with van der Waals surface area (Å²) < 4.78 is 0. The van der Waals surface area contributed by atoms with Crippen molar-refractivity contribution >= 4 is 6.47 Å². The number of rotatable bonds is 0. The van der Waals surface area contributed by atoms with E-state index < -0.39 is 0 Å². The van der Waals surface area contributed by atoms with Gasteiger partial charge in [-0.2, -0.15) is 0 Å². The van der Waals surface area contributed by atoms with Crippen LogP contribution >= 0.6 is 0 Å². The van der Waals surface area contributed by atoms with Gasteiger partial charge < -0.3 is 26.3 Å². The van der Waals surface area contributed by atoms with Crippen LogP contribution < -0.4 is 0 Å². The maximum atomic E-state index is 8.24. The van der Waals surface area contributed by atoms with E-state index in [9.17, 15) is 0 Å². The van der Waals surface area contributed by atoms with Crippen molar-refractivity contribution in [1.82, 2.24) is 15.4 Å². The van der Waals surface area contributed by atoms with Gasteiger partial charge in [0, 0.05) is 35.6 Å². The minimum atomic E-state index is 0. The first kappa shape index (κ1) is 12.5. The monoisotopic (exact) mass is 266 g/mol. The van der Waals surface area contributed by atoms with Crippen LogP contribution in [0, 0.1) is 48.7 Å². The van der Waals surface area contributed by atoms with Crippen LogP contribution in [-0.2, 0) is 4.79 Å². The Morgan fingerprint density at radius 1 is 1.80 bits per heavy atom. The maximum Gasteiger partial charge on any atom is 0 e. The van der Waals surface area contributed by atoms with E-state index in [1.54, 1.807) is 0 Å². The topological polar surface area (TPSA) is 78.9 Å². The SMILES string of the molecule is Cc1[c-]nn[nH]1.O=[C-]O.[La]. The number of aromatic amines is 1. The number of nitrogens with zero attached hydrogens (tertiary/aromatic N) is 2. The van der Waals surface area contributed by atoms with Crippen molar-refractivity contribution < 1.29 is 45.5 Å². The summed E-state index contributed by atoms with van der Waals surface area (Å²) in [5.41, 5.74) is 0.870. The van der Waals surface area contributed by atoms with Crippen molar-refractivity contribution in [3.8, 4) is 0 Å². The van der Waals surface area contributed by atoms with Crippen LogP contribution in [0.15, 0.2) is 0 Å². The minimum absolute atomic E-state index is 0. The number of hydrogen-bond acceptors (Lipinski definition) is 3. The maximum absolute atomic E-state index is 8.24. The molecule has 0 aliphatic heterocycles. The molecule has 1 aromatic heterocycles. The molecule has 10 heavy (non-hydrogen) atoms. The van der Waals surface area contributed by atoms with E-state index in [2.05, 4.69) is 21.6 Å². The Bertz CT molecular complexity index is 154. The van der Waals surface area contributed by atoms with Crippen molar-refractivity contribution in [1.29, 1.82) is 0 Å². The Morgan fingerprint density at radius 2 is 2.30 bits per heavy atom. The van der Waals surface area contributed by atoms with Gasteiger partial charge in [0.05, 0.1) is 0 Å². The molecule has 1 rings (SSSR count). The molecule has 0 fully saturated rings. The molecule has 1 radical (unpaired) electrons. The van der Waals surface area contributed by atoms with Crippen molar-refractivity contribution in [2.45, 2.75) is 6.92 Å². The van der Waals surface area contributed by atoms with Gasteiger partial charge in [0.1, 0.15) is 0 Å². The minimum Gasteiger partial charge on any atom is -0.665 e. The molecule has 6 heteroatoms. The van der Waals surface area contributed by atoms with E-state index in [4.69, 9.17) is 9.90 Å². The fourth-order valence-electron chi connectivity index (χ4n) is 0.225. The predicted molar refractivity (Wildman–Crippen MR) is 28.3 cm³/mol. The summed E-state index contributed by atoms with van der Waals surface area (Å²) >= 11 is 0. The van der Waals surface area contributed by atoms with Gasteiger partial charge in [-0.05, 0) is 0 Å². The van der Waals surface area contributed by atoms with Gasteiger partial charge in [0.25, 0.3) is 0 Å². The molecule has 0 saturated heterocycles. The zero-order valence-corrected chi connectivity index (χ0v) is 8.95. The Labute approximate surface area is 85.8 Å². The average molecular weight is 266 g/mol. The van der Waals surface area contributed by atoms with Crippen LogP contribution in [0.2, 0.25) is 0 Å². The number of aromatic nitrogens is 3. The second-order valence-electron chi connectivity index (χ2n) is 1.14. The largest absolute Gasteiger partial charge is 0.665 e. The van der Waals surface area contributed by atoms with Gasteiger partial charge in [0.2, 0.25) is 0 Å². The van der Waals surface area contributed by atoms with Crippen molar-refractivity contribution in [3.05, 3.63) is 11.9 Å². The van der Waals surface area contributed by atoms with Crippen LogP contribution in [0.3, 0.4) is 0 Å². The summed E-state index contributed by atoms with van der Waals surface area (Å²) in [4.78, 5) is 8.24. The molecule has 0 saturated carbocycles. The van der Waals surface area contributed by atoms with Gasteiger partial charge in [-0.1, -0.05) is 13.4 Å². The molecule has 0 unspecified atom stereocenters. The first-order valence-electron chi connectivity index (χ1n) is 2.07. The van der Waals surface area contributed by atoms with Crippen LogP contribution in [0.1, 0.15) is 5.69 Å². The molecule has 0 aliphatic rings. The van der Waals surface area contributed by atoms with Gasteiger partial charge in [0.15, 0.2) is 0 Å². The summed E-state index contributed by atoms with van der Waals surface area (Å²) in [5, 5.41) is 16.1. The first-order chi connectivity index (χ1) is 4.31. The van der Waals surface area contributed by atoms with E-state index in [0.717, 1.165) is 5.69 Å². The molecular formula is C4H5LaN3O2-2. The van der Waals surface area contributed by atoms with Crippen molar-refractivity contribution in [3.63, 3.8) is 0 Å². The Morgan fingerprint density at radius 3 is 2.40 bits per heavy atom. The molecule has 1 aromatic rings. The fraction of sp³-hybridized carbons (Fsp3) is 0.250. The molecular weight excluding hydrogens is 261 g/mol. The second kappa shape index (κ2) is 8.80. The summed E-state index contributed by atoms with van der Waals surface area (Å²) in [6, 6.07) is 0. The van der Waals surface area contributed by atoms with Crippen LogP contribution in [0.4, 0.5) is 0 Å². The third-order valence-corrected chi connectivity index (χ3v) is 0.485. The molecule has 0 amide bonds. The average Bonchev–Trinajstić information content (AvgIpc) is 2.20. The predicted octanol–water partition coefficient (Wildman–Crippen LogP) is -0.475. The van der Waals surface area contributed by atoms with Gasteiger partial charge in [-0.3, -0.25) is 0 Å². The molecule has 5 nitrogen and oxygen atoms in total. The standard InChI is InChI=1S/C3H4N3.CHO2.La/c1-3-2-4-6-5-3;2-1-3;/h1H3,(H,4,5,6);(H,2,3);/q2*-1;. The van der Waals surface area contributed by atoms with Crippen molar-refractivity contribution in [2.24, 2.45) is 0 Å². The first-order valence-corrected chi connectivity index (χ1v) is 2.07. The zero-order chi connectivity index (χ0) is 7.11. The van der Waals surface area contributed by atoms with E-state index in [1.165, 1.54) is 0 Å². The molecule has 0 aromatic carbocycles. The second-order valence-corrected chi connectivity index (χ2v) is 1.14. The number of aryl methyl sites for hydroxylation is 1. The van der Waals surface area contributed by atoms with Gasteiger partial charge in [-0.25, -0.2) is 0 Å². The number of H-pyrrole nitrogens is 1. The smallest absolute Gasteiger partial charge is 0 e. The van der Waals surface area contributed by atoms with Crippen LogP contribution in [0.5, 0.6) is 0 Å². The molecule has 0 atom stereocenters. The van der Waals surface area contributed by atoms with Crippen molar-refractivity contribution in [2.75, 3.05) is 0 Å². The van der Waals surface area contributed by atoms with Crippen LogP contribution in [0.25, 0.3) is 0 Å². The molecule has 0 bridgehead atoms. The fourth-order valence-corrected chi connectivity index (χ4v) is 0.225. The summed E-state index contributed by atoms with van der Waals surface area (Å²) in [6.45, 7) is 2.35. The Kier molecular flexibility index (Phi) is 11.0. The molecule has 1 heterocycles. The van der Waals surface area contributed by atoms with E-state index in [-0.39, 0.29) is 35.6 Å². The Balaban J connectivity index is 0. The number of aliphatic hydroxyl groups excluding tert-OH is 1. The number of hydrogen-bond donors (Lipinski definition) is 2. The summed E-state index contributed by atoms with van der Waals surface area (Å²) in [7, 11) is 0.